The number of hydrogen-bond acceptors (Lipinski definition) is 6. The Hall–Kier alpha value is -2.51. The molecule has 134 valence electrons. The largest absolute Gasteiger partial charge is 0.467 e. The fourth-order valence-corrected chi connectivity index (χ4v) is 5.02. The molecule has 4 rings (SSSR count). The van der Waals surface area contributed by atoms with Gasteiger partial charge in [0.2, 0.25) is 11.8 Å². The molecule has 26 heavy (non-hydrogen) atoms. The number of nitrogens with one attached hydrogen (secondary N) is 1. The normalized spacial score (nSPS) is 30.5. The molecule has 2 amide bonds. The number of fused-ring (bicyclic) bond motifs is 1. The van der Waals surface area contributed by atoms with Gasteiger partial charge in [-0.2, -0.15) is 0 Å². The summed E-state index contributed by atoms with van der Waals surface area (Å²) in [6.45, 7) is 0. The van der Waals surface area contributed by atoms with Gasteiger partial charge in [-0.15, -0.1) is 11.3 Å². The second-order valence-corrected chi connectivity index (χ2v) is 7.52. The predicted octanol–water partition coefficient (Wildman–Crippen LogP) is 1.69. The molecule has 1 N–H and O–H groups in total. The number of imide groups is 1. The maximum absolute atomic E-state index is 13.0. The Labute approximate surface area is 154 Å². The smallest absolute Gasteiger partial charge is 0.331 e. The molecule has 2 saturated heterocycles. The van der Waals surface area contributed by atoms with E-state index in [1.807, 2.05) is 23.6 Å². The van der Waals surface area contributed by atoms with Gasteiger partial charge in [-0.1, -0.05) is 36.4 Å². The number of likely N-dealkylation sites (tertiary alicyclic amines) is 1. The zero-order valence-electron chi connectivity index (χ0n) is 14.3. The Balaban J connectivity index is 1.95. The lowest BCUT2D eigenvalue weighted by atomic mass is 9.75. The van der Waals surface area contributed by atoms with Crippen LogP contribution in [-0.2, 0) is 24.7 Å². The summed E-state index contributed by atoms with van der Waals surface area (Å²) in [6, 6.07) is 12.4. The van der Waals surface area contributed by atoms with E-state index in [4.69, 9.17) is 4.74 Å². The standard InChI is InChI=1S/C19H18N2O4S/c1-21-16(22)13-14(17(21)23)19(18(24)25-2,11-7-4-3-5-8-11)20-15(13)12-9-6-10-26-12/h3-10,13-15,20H,1-2H3/t13-,14-,15-,19+/m0/s1. The molecule has 3 heterocycles. The van der Waals surface area contributed by atoms with Gasteiger partial charge in [0.1, 0.15) is 0 Å². The van der Waals surface area contributed by atoms with E-state index in [2.05, 4.69) is 5.32 Å². The predicted molar refractivity (Wildman–Crippen MR) is 95.1 cm³/mol. The zero-order chi connectivity index (χ0) is 18.5. The summed E-state index contributed by atoms with van der Waals surface area (Å²) < 4.78 is 5.10. The van der Waals surface area contributed by atoms with Crippen molar-refractivity contribution >= 4 is 29.1 Å². The third-order valence-corrected chi connectivity index (χ3v) is 6.32. The number of carbonyl (C=O) groups excluding carboxylic acids is 3. The molecule has 0 aliphatic carbocycles. The van der Waals surface area contributed by atoms with Crippen molar-refractivity contribution in [1.82, 2.24) is 10.2 Å². The summed E-state index contributed by atoms with van der Waals surface area (Å²) in [5.41, 5.74) is -0.773. The molecule has 1 aromatic heterocycles. The molecular formula is C19H18N2O4S. The Morgan fingerprint density at radius 3 is 2.50 bits per heavy atom. The van der Waals surface area contributed by atoms with Gasteiger partial charge in [0, 0.05) is 11.9 Å². The van der Waals surface area contributed by atoms with Crippen LogP contribution in [0, 0.1) is 11.8 Å². The number of hydrogen-bond donors (Lipinski definition) is 1. The first-order valence-electron chi connectivity index (χ1n) is 8.29. The third-order valence-electron chi connectivity index (χ3n) is 5.37. The Morgan fingerprint density at radius 1 is 1.15 bits per heavy atom. The van der Waals surface area contributed by atoms with E-state index in [1.54, 1.807) is 24.3 Å². The first-order chi connectivity index (χ1) is 12.5. The second kappa shape index (κ2) is 6.03. The Bertz CT molecular complexity index is 867. The molecular weight excluding hydrogens is 352 g/mol. The number of ether oxygens (including phenoxy) is 1. The summed E-state index contributed by atoms with van der Waals surface area (Å²) in [7, 11) is 2.77. The van der Waals surface area contributed by atoms with Gasteiger partial charge in [-0.25, -0.2) is 4.79 Å². The SMILES string of the molecule is COC(=O)[C@]1(c2ccccc2)N[C@@H](c2cccs2)[C@H]2C(=O)N(C)C(=O)[C@H]21. The highest BCUT2D eigenvalue weighted by molar-refractivity contribution is 7.10. The minimum atomic E-state index is -1.40. The van der Waals surface area contributed by atoms with E-state index in [0.29, 0.717) is 5.56 Å². The topological polar surface area (TPSA) is 75.7 Å². The number of rotatable bonds is 3. The van der Waals surface area contributed by atoms with Gasteiger partial charge in [-0.05, 0) is 17.0 Å². The molecule has 2 aliphatic heterocycles. The molecule has 7 heteroatoms. The summed E-state index contributed by atoms with van der Waals surface area (Å²) >= 11 is 1.49. The van der Waals surface area contributed by atoms with Crippen LogP contribution in [0.2, 0.25) is 0 Å². The van der Waals surface area contributed by atoms with E-state index < -0.39 is 29.4 Å². The average molecular weight is 370 g/mol. The van der Waals surface area contributed by atoms with E-state index in [0.717, 1.165) is 9.78 Å². The minimum Gasteiger partial charge on any atom is -0.467 e. The van der Waals surface area contributed by atoms with Crippen molar-refractivity contribution in [3.63, 3.8) is 0 Å². The van der Waals surface area contributed by atoms with Crippen molar-refractivity contribution in [2.45, 2.75) is 11.6 Å². The maximum Gasteiger partial charge on any atom is 0.331 e. The molecule has 2 aromatic rings. The van der Waals surface area contributed by atoms with Gasteiger partial charge < -0.3 is 4.74 Å². The molecule has 6 nitrogen and oxygen atoms in total. The van der Waals surface area contributed by atoms with E-state index in [-0.39, 0.29) is 11.8 Å². The van der Waals surface area contributed by atoms with Crippen LogP contribution in [0.4, 0.5) is 0 Å². The average Bonchev–Trinajstić information content (AvgIpc) is 3.36. The van der Waals surface area contributed by atoms with Crippen molar-refractivity contribution in [3.05, 3.63) is 58.3 Å². The summed E-state index contributed by atoms with van der Waals surface area (Å²) in [5.74, 6) is -2.69. The number of esters is 1. The summed E-state index contributed by atoms with van der Waals surface area (Å²) in [5, 5.41) is 5.24. The van der Waals surface area contributed by atoms with Gasteiger partial charge in [0.05, 0.1) is 25.0 Å². The second-order valence-electron chi connectivity index (χ2n) is 6.54. The summed E-state index contributed by atoms with van der Waals surface area (Å²) in [6.07, 6.45) is 0. The Kier molecular flexibility index (Phi) is 3.93. The lowest BCUT2D eigenvalue weighted by Gasteiger charge is -2.32. The highest BCUT2D eigenvalue weighted by Gasteiger charge is 2.69. The quantitative estimate of drug-likeness (QED) is 0.657. The molecule has 0 radical (unpaired) electrons. The van der Waals surface area contributed by atoms with Gasteiger partial charge in [-0.3, -0.25) is 19.8 Å². The van der Waals surface area contributed by atoms with E-state index in [9.17, 15) is 14.4 Å². The molecule has 0 spiro atoms. The van der Waals surface area contributed by atoms with Crippen LogP contribution in [0.25, 0.3) is 0 Å². The minimum absolute atomic E-state index is 0.271. The number of methoxy groups -OCH3 is 1. The fourth-order valence-electron chi connectivity index (χ4n) is 4.20. The molecule has 2 aliphatic rings. The first-order valence-corrected chi connectivity index (χ1v) is 9.16. The highest BCUT2D eigenvalue weighted by Crippen LogP contribution is 2.53. The van der Waals surface area contributed by atoms with Gasteiger partial charge >= 0.3 is 5.97 Å². The molecule has 4 atom stereocenters. The number of nitrogens with zero attached hydrogens (tertiary/aromatic N) is 1. The van der Waals surface area contributed by atoms with Crippen LogP contribution in [-0.4, -0.2) is 36.8 Å². The number of benzene rings is 1. The van der Waals surface area contributed by atoms with Crippen molar-refractivity contribution in [3.8, 4) is 0 Å². The molecule has 0 saturated carbocycles. The maximum atomic E-state index is 13.0. The monoisotopic (exact) mass is 370 g/mol. The fraction of sp³-hybridized carbons (Fsp3) is 0.316. The number of amides is 2. The van der Waals surface area contributed by atoms with Crippen molar-refractivity contribution in [1.29, 1.82) is 0 Å². The highest BCUT2D eigenvalue weighted by atomic mass is 32.1. The number of thiophene rings is 1. The molecule has 0 unspecified atom stereocenters. The van der Waals surface area contributed by atoms with Gasteiger partial charge in [0.15, 0.2) is 5.54 Å². The van der Waals surface area contributed by atoms with Crippen LogP contribution >= 0.6 is 11.3 Å². The molecule has 2 fully saturated rings. The van der Waals surface area contributed by atoms with Gasteiger partial charge in [0.25, 0.3) is 0 Å². The van der Waals surface area contributed by atoms with E-state index >= 15 is 0 Å². The lowest BCUT2D eigenvalue weighted by Crippen LogP contribution is -2.53. The van der Waals surface area contributed by atoms with Crippen LogP contribution in [0.1, 0.15) is 16.5 Å². The molecule has 1 aromatic carbocycles. The van der Waals surface area contributed by atoms with Crippen LogP contribution in [0.15, 0.2) is 47.8 Å². The number of carbonyl (C=O) groups is 3. The van der Waals surface area contributed by atoms with Crippen molar-refractivity contribution < 1.29 is 19.1 Å². The Morgan fingerprint density at radius 2 is 1.88 bits per heavy atom. The van der Waals surface area contributed by atoms with Crippen LogP contribution in [0.5, 0.6) is 0 Å². The first kappa shape index (κ1) is 16.9. The summed E-state index contributed by atoms with van der Waals surface area (Å²) in [4.78, 5) is 40.9. The van der Waals surface area contributed by atoms with Crippen molar-refractivity contribution in [2.24, 2.45) is 11.8 Å². The third kappa shape index (κ3) is 2.10. The van der Waals surface area contributed by atoms with E-state index in [1.165, 1.54) is 25.5 Å². The lowest BCUT2D eigenvalue weighted by molar-refractivity contribution is -0.154. The van der Waals surface area contributed by atoms with Crippen LogP contribution in [0.3, 0.4) is 0 Å². The van der Waals surface area contributed by atoms with Crippen LogP contribution < -0.4 is 5.32 Å². The zero-order valence-corrected chi connectivity index (χ0v) is 15.2. The van der Waals surface area contributed by atoms with Crippen molar-refractivity contribution in [2.75, 3.05) is 14.2 Å². The molecule has 0 bridgehead atoms.